The van der Waals surface area contributed by atoms with Crippen molar-refractivity contribution in [2.24, 2.45) is 5.92 Å². The van der Waals surface area contributed by atoms with Gasteiger partial charge in [0.15, 0.2) is 5.78 Å². The van der Waals surface area contributed by atoms with Crippen molar-refractivity contribution < 1.29 is 14.3 Å². The normalized spacial score (nSPS) is 14.2. The fourth-order valence-electron chi connectivity index (χ4n) is 5.73. The van der Waals surface area contributed by atoms with E-state index in [-0.39, 0.29) is 11.7 Å². The Hall–Kier alpha value is -3.92. The first kappa shape index (κ1) is 40.3. The van der Waals surface area contributed by atoms with Crippen molar-refractivity contribution in [3.63, 3.8) is 0 Å². The standard InChI is InChI=1S/C35H47NO3.C7H8.C2H6/c1-5-7-8-9-13-28-16-18-29(19-17-28)14-11-25-39-34-21-20-31(33(37)12-6-2)26-32(34)35(38)36-23-10-15-30(22-24-36)27(3)4;1-7-5-3-2-4-6-7;1-2/h7-8,16-21,26,30H,3,5-6,9-15,22-25H2,1-2,4H3;2-6H,1H3;1-2H3/b8-7+;;. The third kappa shape index (κ3) is 14.5. The molecule has 4 rings (SSSR count). The first-order valence-electron chi connectivity index (χ1n) is 18.3. The molecule has 0 saturated carbocycles. The van der Waals surface area contributed by atoms with Crippen molar-refractivity contribution in [3.8, 4) is 5.75 Å². The monoisotopic (exact) mass is 651 g/mol. The fourth-order valence-corrected chi connectivity index (χ4v) is 5.73. The van der Waals surface area contributed by atoms with Crippen molar-refractivity contribution in [2.45, 2.75) is 106 Å². The predicted octanol–water partition coefficient (Wildman–Crippen LogP) is 11.4. The van der Waals surface area contributed by atoms with Crippen LogP contribution in [0.3, 0.4) is 0 Å². The first-order chi connectivity index (χ1) is 23.3. The summed E-state index contributed by atoms with van der Waals surface area (Å²) in [5, 5.41) is 0. The van der Waals surface area contributed by atoms with Crippen molar-refractivity contribution in [1.82, 2.24) is 4.90 Å². The van der Waals surface area contributed by atoms with Crippen LogP contribution in [0.15, 0.2) is 97.1 Å². The summed E-state index contributed by atoms with van der Waals surface area (Å²) in [6.45, 7) is 18.4. The van der Waals surface area contributed by atoms with Gasteiger partial charge in [0, 0.05) is 25.1 Å². The van der Waals surface area contributed by atoms with Crippen LogP contribution in [0.1, 0.15) is 123 Å². The van der Waals surface area contributed by atoms with Gasteiger partial charge >= 0.3 is 0 Å². The number of amides is 1. The zero-order valence-corrected chi connectivity index (χ0v) is 30.7. The van der Waals surface area contributed by atoms with Gasteiger partial charge in [0.2, 0.25) is 0 Å². The maximum Gasteiger partial charge on any atom is 0.257 e. The minimum absolute atomic E-state index is 0.0390. The molecule has 4 heteroatoms. The van der Waals surface area contributed by atoms with E-state index in [1.54, 1.807) is 12.1 Å². The van der Waals surface area contributed by atoms with Gasteiger partial charge in [0.05, 0.1) is 12.2 Å². The smallest absolute Gasteiger partial charge is 0.257 e. The van der Waals surface area contributed by atoms with Crippen LogP contribution in [-0.4, -0.2) is 36.3 Å². The minimum atomic E-state index is -0.0390. The number of allylic oxidation sites excluding steroid dienone is 3. The Labute approximate surface area is 292 Å². The molecule has 0 radical (unpaired) electrons. The lowest BCUT2D eigenvalue weighted by atomic mass is 9.94. The Kier molecular flexibility index (Phi) is 19.6. The summed E-state index contributed by atoms with van der Waals surface area (Å²) >= 11 is 0. The molecule has 1 aliphatic heterocycles. The molecular weight excluding hydrogens is 590 g/mol. The maximum atomic E-state index is 13.7. The number of ketones is 1. The summed E-state index contributed by atoms with van der Waals surface area (Å²) in [4.78, 5) is 28.2. The van der Waals surface area contributed by atoms with Crippen LogP contribution in [0.4, 0.5) is 0 Å². The van der Waals surface area contributed by atoms with Gasteiger partial charge in [0.25, 0.3) is 5.91 Å². The number of hydrogen-bond donors (Lipinski definition) is 0. The molecule has 1 fully saturated rings. The van der Waals surface area contributed by atoms with E-state index in [0.717, 1.165) is 64.3 Å². The molecular formula is C44H61NO3. The summed E-state index contributed by atoms with van der Waals surface area (Å²) < 4.78 is 6.18. The van der Waals surface area contributed by atoms with Crippen LogP contribution in [0.25, 0.3) is 0 Å². The van der Waals surface area contributed by atoms with Crippen LogP contribution in [0, 0.1) is 12.8 Å². The lowest BCUT2D eigenvalue weighted by molar-refractivity contribution is 0.0756. The fraction of sp³-hybridized carbons (Fsp3) is 0.455. The van der Waals surface area contributed by atoms with E-state index in [0.29, 0.717) is 42.4 Å². The van der Waals surface area contributed by atoms with Crippen LogP contribution >= 0.6 is 0 Å². The molecule has 3 aromatic carbocycles. The number of benzene rings is 3. The van der Waals surface area contributed by atoms with Crippen LogP contribution in [-0.2, 0) is 12.8 Å². The van der Waals surface area contributed by atoms with Crippen LogP contribution in [0.5, 0.6) is 5.75 Å². The van der Waals surface area contributed by atoms with Crippen molar-refractivity contribution in [1.29, 1.82) is 0 Å². The van der Waals surface area contributed by atoms with E-state index in [2.05, 4.69) is 75.9 Å². The SMILES string of the molecule is C=C(C)C1CCCN(C(=O)c2cc(C(=O)CCC)ccc2OCCCc2ccc(CC/C=C/CC)cc2)CC1.CC.Cc1ccccc1. The number of nitrogens with zero attached hydrogens (tertiary/aromatic N) is 1. The summed E-state index contributed by atoms with van der Waals surface area (Å²) in [7, 11) is 0. The average Bonchev–Trinajstić information content (AvgIpc) is 3.37. The van der Waals surface area contributed by atoms with Gasteiger partial charge in [-0.2, -0.15) is 0 Å². The molecule has 0 aliphatic carbocycles. The summed E-state index contributed by atoms with van der Waals surface area (Å²) in [5.74, 6) is 1.07. The molecule has 0 spiro atoms. The second-order valence-electron chi connectivity index (χ2n) is 12.5. The number of aryl methyl sites for hydroxylation is 3. The van der Waals surface area contributed by atoms with Gasteiger partial charge < -0.3 is 9.64 Å². The number of carbonyl (C=O) groups excluding carboxylic acids is 2. The molecule has 1 amide bonds. The van der Waals surface area contributed by atoms with E-state index >= 15 is 0 Å². The van der Waals surface area contributed by atoms with Gasteiger partial charge in [0.1, 0.15) is 5.75 Å². The largest absolute Gasteiger partial charge is 0.493 e. The summed E-state index contributed by atoms with van der Waals surface area (Å²) in [5.41, 5.74) is 6.26. The highest BCUT2D eigenvalue weighted by molar-refractivity contribution is 6.02. The first-order valence-corrected chi connectivity index (χ1v) is 18.3. The van der Waals surface area contributed by atoms with Crippen molar-refractivity contribution >= 4 is 11.7 Å². The highest BCUT2D eigenvalue weighted by Crippen LogP contribution is 2.28. The predicted molar refractivity (Wildman–Crippen MR) is 204 cm³/mol. The lowest BCUT2D eigenvalue weighted by Crippen LogP contribution is -2.32. The van der Waals surface area contributed by atoms with Crippen molar-refractivity contribution in [2.75, 3.05) is 19.7 Å². The Morgan fingerprint density at radius 2 is 1.58 bits per heavy atom. The maximum absolute atomic E-state index is 13.7. The van der Waals surface area contributed by atoms with Gasteiger partial charge in [-0.15, -0.1) is 0 Å². The third-order valence-corrected chi connectivity index (χ3v) is 8.55. The molecule has 48 heavy (non-hydrogen) atoms. The molecule has 0 N–H and O–H groups in total. The highest BCUT2D eigenvalue weighted by atomic mass is 16.5. The molecule has 1 saturated heterocycles. The number of likely N-dealkylation sites (tertiary alicyclic amines) is 1. The molecule has 1 unspecified atom stereocenters. The molecule has 1 aliphatic rings. The summed E-state index contributed by atoms with van der Waals surface area (Å²) in [6.07, 6.45) is 13.7. The van der Waals surface area contributed by atoms with Gasteiger partial charge in [-0.3, -0.25) is 9.59 Å². The van der Waals surface area contributed by atoms with Crippen molar-refractivity contribution in [3.05, 3.63) is 125 Å². The van der Waals surface area contributed by atoms with E-state index in [1.165, 1.54) is 22.3 Å². The number of Topliss-reactive ketones (excluding diaryl/α,β-unsaturated/α-hetero) is 1. The minimum Gasteiger partial charge on any atom is -0.493 e. The van der Waals surface area contributed by atoms with Gasteiger partial charge in [-0.05, 0) is 107 Å². The lowest BCUT2D eigenvalue weighted by Gasteiger charge is -2.23. The zero-order valence-electron chi connectivity index (χ0n) is 30.7. The molecule has 3 aromatic rings. The highest BCUT2D eigenvalue weighted by Gasteiger charge is 2.25. The second-order valence-corrected chi connectivity index (χ2v) is 12.5. The van der Waals surface area contributed by atoms with Gasteiger partial charge in [-0.25, -0.2) is 0 Å². The molecule has 4 nitrogen and oxygen atoms in total. The van der Waals surface area contributed by atoms with E-state index in [4.69, 9.17) is 4.74 Å². The number of rotatable bonds is 14. The number of ether oxygens (including phenoxy) is 1. The quantitative estimate of drug-likeness (QED) is 0.0990. The molecule has 0 bridgehead atoms. The Bertz CT molecular complexity index is 1390. The Balaban J connectivity index is 0.000000776. The van der Waals surface area contributed by atoms with E-state index < -0.39 is 0 Å². The van der Waals surface area contributed by atoms with Crippen LogP contribution < -0.4 is 4.74 Å². The molecule has 1 atom stereocenters. The summed E-state index contributed by atoms with van der Waals surface area (Å²) in [6, 6.07) is 24.5. The van der Waals surface area contributed by atoms with E-state index in [9.17, 15) is 9.59 Å². The van der Waals surface area contributed by atoms with Gasteiger partial charge in [-0.1, -0.05) is 112 Å². The molecule has 0 aromatic heterocycles. The zero-order chi connectivity index (χ0) is 35.1. The van der Waals surface area contributed by atoms with Crippen LogP contribution in [0.2, 0.25) is 0 Å². The topological polar surface area (TPSA) is 46.6 Å². The molecule has 260 valence electrons. The Morgan fingerprint density at radius 3 is 2.19 bits per heavy atom. The number of carbonyl (C=O) groups is 2. The second kappa shape index (κ2) is 23.4. The Morgan fingerprint density at radius 1 is 0.896 bits per heavy atom. The average molecular weight is 652 g/mol. The number of hydrogen-bond acceptors (Lipinski definition) is 3. The van der Waals surface area contributed by atoms with E-state index in [1.807, 2.05) is 49.9 Å². The third-order valence-electron chi connectivity index (χ3n) is 8.55. The molecule has 1 heterocycles.